The summed E-state index contributed by atoms with van der Waals surface area (Å²) in [6, 6.07) is 0. The molecule has 0 aliphatic carbocycles. The van der Waals surface area contributed by atoms with Crippen LogP contribution in [-0.2, 0) is 4.84 Å². The molecule has 0 saturated carbocycles. The third-order valence-corrected chi connectivity index (χ3v) is 1.37. The zero-order chi connectivity index (χ0) is 6.91. The first kappa shape index (κ1) is 6.91. The van der Waals surface area contributed by atoms with Gasteiger partial charge in [0.15, 0.2) is 0 Å². The Kier molecular flexibility index (Phi) is 1.69. The topological polar surface area (TPSA) is 87.7 Å². The first-order chi connectivity index (χ1) is 4.19. The summed E-state index contributed by atoms with van der Waals surface area (Å²) < 4.78 is 0. The van der Waals surface area contributed by atoms with Crippen LogP contribution in [0.2, 0.25) is 0 Å². The van der Waals surface area contributed by atoms with E-state index >= 15 is 0 Å². The van der Waals surface area contributed by atoms with Crippen LogP contribution >= 0.6 is 0 Å². The minimum absolute atomic E-state index is 0.130. The van der Waals surface area contributed by atoms with Gasteiger partial charge in [0.25, 0.3) is 0 Å². The molecule has 5 N–H and O–H groups in total. The number of hydrogen-bond donors (Lipinski definition) is 4. The van der Waals surface area contributed by atoms with E-state index in [1.54, 1.807) is 0 Å². The molecule has 5 nitrogen and oxygen atoms in total. The minimum Gasteiger partial charge on any atom is -0.394 e. The lowest BCUT2D eigenvalue weighted by Gasteiger charge is -2.20. The van der Waals surface area contributed by atoms with E-state index < -0.39 is 11.8 Å². The van der Waals surface area contributed by atoms with E-state index in [0.717, 1.165) is 0 Å². The second-order valence-electron chi connectivity index (χ2n) is 2.20. The summed E-state index contributed by atoms with van der Waals surface area (Å²) in [5, 5.41) is 17.5. The molecular weight excluding hydrogens is 124 g/mol. The van der Waals surface area contributed by atoms with E-state index in [1.165, 1.54) is 0 Å². The number of aliphatic hydroxyl groups is 2. The molecule has 1 aliphatic heterocycles. The highest BCUT2D eigenvalue weighted by Gasteiger charge is 2.39. The maximum absolute atomic E-state index is 8.93. The highest BCUT2D eigenvalue weighted by molar-refractivity contribution is 4.91. The van der Waals surface area contributed by atoms with Gasteiger partial charge in [-0.25, -0.2) is 0 Å². The SMILES string of the molecule is NC1(CO)CONC1O. The molecule has 1 heterocycles. The summed E-state index contributed by atoms with van der Waals surface area (Å²) >= 11 is 0. The Morgan fingerprint density at radius 1 is 1.89 bits per heavy atom. The van der Waals surface area contributed by atoms with Crippen molar-refractivity contribution in [3.05, 3.63) is 0 Å². The molecule has 0 aromatic rings. The molecule has 9 heavy (non-hydrogen) atoms. The summed E-state index contributed by atoms with van der Waals surface area (Å²) in [5.41, 5.74) is 6.62. The molecule has 2 unspecified atom stereocenters. The number of hydroxylamine groups is 1. The fourth-order valence-electron chi connectivity index (χ4n) is 0.583. The van der Waals surface area contributed by atoms with Gasteiger partial charge >= 0.3 is 0 Å². The summed E-state index contributed by atoms with van der Waals surface area (Å²) in [6.45, 7) is -0.161. The van der Waals surface area contributed by atoms with Crippen molar-refractivity contribution < 1.29 is 15.1 Å². The van der Waals surface area contributed by atoms with Gasteiger partial charge in [0.05, 0.1) is 13.2 Å². The van der Waals surface area contributed by atoms with Gasteiger partial charge in [-0.05, 0) is 0 Å². The van der Waals surface area contributed by atoms with Gasteiger partial charge in [-0.15, -0.1) is 0 Å². The lowest BCUT2D eigenvalue weighted by molar-refractivity contribution is 0.0151. The zero-order valence-corrected chi connectivity index (χ0v) is 4.87. The Morgan fingerprint density at radius 2 is 2.56 bits per heavy atom. The molecule has 0 spiro atoms. The molecule has 2 atom stereocenters. The molecule has 1 rings (SSSR count). The van der Waals surface area contributed by atoms with E-state index in [1.807, 2.05) is 0 Å². The van der Waals surface area contributed by atoms with E-state index in [0.29, 0.717) is 0 Å². The Morgan fingerprint density at radius 3 is 2.78 bits per heavy atom. The quantitative estimate of drug-likeness (QED) is 0.319. The molecule has 1 aliphatic rings. The Labute approximate surface area is 52.4 Å². The summed E-state index contributed by atoms with van der Waals surface area (Å²) in [6.07, 6.45) is -0.970. The zero-order valence-electron chi connectivity index (χ0n) is 4.87. The summed E-state index contributed by atoms with van der Waals surface area (Å²) in [4.78, 5) is 4.58. The summed E-state index contributed by atoms with van der Waals surface area (Å²) in [7, 11) is 0. The van der Waals surface area contributed by atoms with Crippen molar-refractivity contribution in [3.63, 3.8) is 0 Å². The van der Waals surface area contributed by atoms with Gasteiger partial charge in [0.2, 0.25) is 0 Å². The molecule has 0 aromatic carbocycles. The van der Waals surface area contributed by atoms with E-state index in [2.05, 4.69) is 10.3 Å². The molecule has 0 aromatic heterocycles. The number of nitrogens with one attached hydrogen (secondary N) is 1. The highest BCUT2D eigenvalue weighted by atomic mass is 16.7. The number of aliphatic hydroxyl groups excluding tert-OH is 2. The van der Waals surface area contributed by atoms with Gasteiger partial charge < -0.3 is 15.9 Å². The van der Waals surface area contributed by atoms with Crippen molar-refractivity contribution in [2.45, 2.75) is 11.8 Å². The smallest absolute Gasteiger partial charge is 0.149 e. The molecule has 1 saturated heterocycles. The van der Waals surface area contributed by atoms with Crippen molar-refractivity contribution in [2.24, 2.45) is 5.73 Å². The van der Waals surface area contributed by atoms with Crippen molar-refractivity contribution >= 4 is 0 Å². The Hall–Kier alpha value is -0.200. The second kappa shape index (κ2) is 2.20. The predicted molar refractivity (Wildman–Crippen MR) is 29.1 cm³/mol. The van der Waals surface area contributed by atoms with Crippen LogP contribution in [0.15, 0.2) is 0 Å². The Balaban J connectivity index is 2.56. The largest absolute Gasteiger partial charge is 0.394 e. The molecule has 0 amide bonds. The number of rotatable bonds is 1. The fourth-order valence-corrected chi connectivity index (χ4v) is 0.583. The maximum Gasteiger partial charge on any atom is 0.149 e. The monoisotopic (exact) mass is 134 g/mol. The van der Waals surface area contributed by atoms with Crippen molar-refractivity contribution in [1.82, 2.24) is 5.48 Å². The van der Waals surface area contributed by atoms with Gasteiger partial charge in [0, 0.05) is 0 Å². The van der Waals surface area contributed by atoms with Crippen LogP contribution < -0.4 is 11.2 Å². The van der Waals surface area contributed by atoms with Crippen LogP contribution in [0.25, 0.3) is 0 Å². The van der Waals surface area contributed by atoms with Crippen LogP contribution in [0.4, 0.5) is 0 Å². The van der Waals surface area contributed by atoms with Gasteiger partial charge in [-0.3, -0.25) is 4.84 Å². The van der Waals surface area contributed by atoms with E-state index in [9.17, 15) is 0 Å². The van der Waals surface area contributed by atoms with Gasteiger partial charge in [-0.1, -0.05) is 0 Å². The van der Waals surface area contributed by atoms with Crippen LogP contribution in [0.5, 0.6) is 0 Å². The third kappa shape index (κ3) is 1.05. The average molecular weight is 134 g/mol. The van der Waals surface area contributed by atoms with E-state index in [4.69, 9.17) is 15.9 Å². The van der Waals surface area contributed by atoms with Crippen LogP contribution in [0.1, 0.15) is 0 Å². The standard InChI is InChI=1S/C4H10N2O3/c5-4(1-7)2-9-6-3(4)8/h3,6-8H,1-2,5H2. The molecule has 0 radical (unpaired) electrons. The summed E-state index contributed by atoms with van der Waals surface area (Å²) in [5.74, 6) is 0. The van der Waals surface area contributed by atoms with Crippen molar-refractivity contribution in [2.75, 3.05) is 13.2 Å². The normalized spacial score (nSPS) is 43.7. The number of hydrogen-bond acceptors (Lipinski definition) is 5. The molecule has 1 fully saturated rings. The van der Waals surface area contributed by atoms with Crippen LogP contribution in [0.3, 0.4) is 0 Å². The fraction of sp³-hybridized carbons (Fsp3) is 1.00. The molecule has 5 heteroatoms. The average Bonchev–Trinajstić information content (AvgIpc) is 2.15. The Bertz CT molecular complexity index is 110. The van der Waals surface area contributed by atoms with Crippen LogP contribution in [-0.4, -0.2) is 35.2 Å². The van der Waals surface area contributed by atoms with Crippen LogP contribution in [0, 0.1) is 0 Å². The lowest BCUT2D eigenvalue weighted by Crippen LogP contribution is -2.55. The molecule has 0 bridgehead atoms. The highest BCUT2D eigenvalue weighted by Crippen LogP contribution is 2.10. The van der Waals surface area contributed by atoms with Gasteiger partial charge in [-0.2, -0.15) is 5.48 Å². The maximum atomic E-state index is 8.93. The second-order valence-corrected chi connectivity index (χ2v) is 2.20. The first-order valence-electron chi connectivity index (χ1n) is 2.64. The molecule has 54 valence electrons. The van der Waals surface area contributed by atoms with E-state index in [-0.39, 0.29) is 13.2 Å². The third-order valence-electron chi connectivity index (χ3n) is 1.37. The van der Waals surface area contributed by atoms with Crippen molar-refractivity contribution in [3.8, 4) is 0 Å². The predicted octanol–water partition coefficient (Wildman–Crippen LogP) is -2.47. The molecular formula is C4H10N2O3. The number of nitrogens with two attached hydrogens (primary N) is 1. The van der Waals surface area contributed by atoms with Gasteiger partial charge in [0.1, 0.15) is 11.8 Å². The minimum atomic E-state index is -1.03. The van der Waals surface area contributed by atoms with Crippen molar-refractivity contribution in [1.29, 1.82) is 0 Å². The first-order valence-corrected chi connectivity index (χ1v) is 2.64. The lowest BCUT2D eigenvalue weighted by atomic mass is 10.0.